The number of nitrogens with one attached hydrogen (secondary N) is 2. The summed E-state index contributed by atoms with van der Waals surface area (Å²) in [5.74, 6) is 1.88. The van der Waals surface area contributed by atoms with Gasteiger partial charge in [-0.25, -0.2) is 13.1 Å². The van der Waals surface area contributed by atoms with Crippen molar-refractivity contribution < 1.29 is 8.42 Å². The fraction of sp³-hybridized carbons (Fsp3) is 0.667. The van der Waals surface area contributed by atoms with Crippen molar-refractivity contribution in [2.45, 2.75) is 49.3 Å². The average Bonchev–Trinajstić information content (AvgIpc) is 2.61. The Bertz CT molecular complexity index is 582. The molecule has 0 aliphatic heterocycles. The monoisotopic (exact) mass is 372 g/mol. The van der Waals surface area contributed by atoms with E-state index in [0.717, 1.165) is 24.4 Å². The molecule has 1 aliphatic rings. The predicted octanol–water partition coefficient (Wildman–Crippen LogP) is 3.51. The zero-order chi connectivity index (χ0) is 17.4. The third-order valence-corrected chi connectivity index (χ3v) is 6.79. The molecule has 0 unspecified atom stereocenters. The van der Waals surface area contributed by atoms with Gasteiger partial charge in [-0.15, -0.1) is 11.6 Å². The average molecular weight is 373 g/mol. The van der Waals surface area contributed by atoms with Gasteiger partial charge in [-0.1, -0.05) is 37.8 Å². The third-order valence-electron chi connectivity index (χ3n) is 5.00. The second-order valence-electron chi connectivity index (χ2n) is 6.74. The van der Waals surface area contributed by atoms with E-state index in [1.54, 1.807) is 24.3 Å². The van der Waals surface area contributed by atoms with E-state index in [1.807, 2.05) is 7.05 Å². The van der Waals surface area contributed by atoms with Crippen LogP contribution in [0.2, 0.25) is 0 Å². The predicted molar refractivity (Wildman–Crippen MR) is 99.8 cm³/mol. The first-order valence-electron chi connectivity index (χ1n) is 8.84. The van der Waals surface area contributed by atoms with Gasteiger partial charge in [-0.3, -0.25) is 0 Å². The van der Waals surface area contributed by atoms with Crippen molar-refractivity contribution in [3.8, 4) is 0 Å². The number of halogens is 1. The summed E-state index contributed by atoms with van der Waals surface area (Å²) < 4.78 is 27.3. The van der Waals surface area contributed by atoms with Gasteiger partial charge in [0.15, 0.2) is 0 Å². The van der Waals surface area contributed by atoms with Gasteiger partial charge in [0, 0.05) is 12.4 Å². The molecule has 0 radical (unpaired) electrons. The molecule has 0 bridgehead atoms. The Hall–Kier alpha value is -0.620. The van der Waals surface area contributed by atoms with Crippen molar-refractivity contribution in [2.75, 3.05) is 20.1 Å². The Morgan fingerprint density at radius 3 is 2.04 bits per heavy atom. The largest absolute Gasteiger partial charge is 0.320 e. The van der Waals surface area contributed by atoms with E-state index in [9.17, 15) is 8.42 Å². The van der Waals surface area contributed by atoms with Crippen molar-refractivity contribution in [1.82, 2.24) is 10.0 Å². The minimum atomic E-state index is -3.41. The molecule has 1 aromatic carbocycles. The molecule has 0 atom stereocenters. The van der Waals surface area contributed by atoms with Crippen molar-refractivity contribution in [3.05, 3.63) is 29.8 Å². The number of sulfonamides is 1. The van der Waals surface area contributed by atoms with Gasteiger partial charge in [0.25, 0.3) is 0 Å². The highest BCUT2D eigenvalue weighted by molar-refractivity contribution is 7.89. The van der Waals surface area contributed by atoms with Gasteiger partial charge in [0.2, 0.25) is 10.0 Å². The molecule has 24 heavy (non-hydrogen) atoms. The fourth-order valence-corrected chi connectivity index (χ4v) is 4.62. The number of benzene rings is 1. The molecule has 4 nitrogen and oxygen atoms in total. The van der Waals surface area contributed by atoms with E-state index in [0.29, 0.717) is 23.2 Å². The lowest BCUT2D eigenvalue weighted by Crippen LogP contribution is -2.27. The Morgan fingerprint density at radius 2 is 1.54 bits per heavy atom. The minimum Gasteiger partial charge on any atom is -0.320 e. The maximum absolute atomic E-state index is 12.3. The van der Waals surface area contributed by atoms with E-state index < -0.39 is 10.0 Å². The summed E-state index contributed by atoms with van der Waals surface area (Å²) in [5.41, 5.74) is 0.922. The summed E-state index contributed by atoms with van der Waals surface area (Å²) in [6, 6.07) is 6.75. The molecule has 1 fully saturated rings. The van der Waals surface area contributed by atoms with Crippen LogP contribution in [0.1, 0.15) is 44.1 Å². The zero-order valence-electron chi connectivity index (χ0n) is 14.4. The molecule has 1 aromatic rings. The van der Waals surface area contributed by atoms with Crippen LogP contribution in [-0.4, -0.2) is 28.6 Å². The third kappa shape index (κ3) is 6.03. The Kier molecular flexibility index (Phi) is 8.01. The van der Waals surface area contributed by atoms with Crippen LogP contribution in [0.5, 0.6) is 0 Å². The molecule has 2 N–H and O–H groups in total. The van der Waals surface area contributed by atoms with E-state index in [4.69, 9.17) is 11.6 Å². The normalized spacial score (nSPS) is 21.8. The van der Waals surface area contributed by atoms with Crippen molar-refractivity contribution in [3.63, 3.8) is 0 Å². The van der Waals surface area contributed by atoms with Crippen LogP contribution in [0, 0.1) is 11.8 Å². The van der Waals surface area contributed by atoms with Gasteiger partial charge < -0.3 is 5.32 Å². The number of rotatable bonds is 9. The van der Waals surface area contributed by atoms with Crippen LogP contribution in [0.15, 0.2) is 29.2 Å². The van der Waals surface area contributed by atoms with Gasteiger partial charge in [-0.2, -0.15) is 0 Å². The summed E-state index contributed by atoms with van der Waals surface area (Å²) in [5, 5.41) is 3.22. The standard InChI is InChI=1S/C18H29ClN2O2S/c1-20-12-10-15-2-4-16(5-3-15)11-13-21-24(22,23)18-8-6-17(14-19)7-9-18/h6-9,15-16,20-21H,2-5,10-14H2,1H3. The van der Waals surface area contributed by atoms with E-state index in [2.05, 4.69) is 10.0 Å². The van der Waals surface area contributed by atoms with E-state index >= 15 is 0 Å². The van der Waals surface area contributed by atoms with E-state index in [1.165, 1.54) is 32.1 Å². The van der Waals surface area contributed by atoms with Gasteiger partial charge in [0.05, 0.1) is 4.90 Å². The molecule has 2 rings (SSSR count). The first-order chi connectivity index (χ1) is 11.5. The SMILES string of the molecule is CNCCC1CCC(CCNS(=O)(=O)c2ccc(CCl)cc2)CC1. The fourth-order valence-electron chi connectivity index (χ4n) is 3.40. The molecule has 0 saturated heterocycles. The van der Waals surface area contributed by atoms with Gasteiger partial charge >= 0.3 is 0 Å². The van der Waals surface area contributed by atoms with Crippen molar-refractivity contribution in [1.29, 1.82) is 0 Å². The molecular formula is C18H29ClN2O2S. The van der Waals surface area contributed by atoms with Gasteiger partial charge in [0.1, 0.15) is 0 Å². The minimum absolute atomic E-state index is 0.312. The Labute approximate surface area is 151 Å². The summed E-state index contributed by atoms with van der Waals surface area (Å²) in [7, 11) is -1.41. The second kappa shape index (κ2) is 9.76. The van der Waals surface area contributed by atoms with Gasteiger partial charge in [-0.05, 0) is 56.0 Å². The molecule has 136 valence electrons. The van der Waals surface area contributed by atoms with Crippen LogP contribution in [-0.2, 0) is 15.9 Å². The van der Waals surface area contributed by atoms with Crippen LogP contribution >= 0.6 is 11.6 Å². The van der Waals surface area contributed by atoms with Crippen LogP contribution < -0.4 is 10.0 Å². The quantitative estimate of drug-likeness (QED) is 0.652. The summed E-state index contributed by atoms with van der Waals surface area (Å²) in [6.45, 7) is 1.61. The molecule has 1 saturated carbocycles. The van der Waals surface area contributed by atoms with Crippen molar-refractivity contribution in [2.24, 2.45) is 11.8 Å². The molecule has 6 heteroatoms. The summed E-state index contributed by atoms with van der Waals surface area (Å²) in [6.07, 6.45) is 7.19. The maximum atomic E-state index is 12.3. The lowest BCUT2D eigenvalue weighted by atomic mass is 9.79. The first-order valence-corrected chi connectivity index (χ1v) is 10.9. The molecule has 1 aliphatic carbocycles. The summed E-state index contributed by atoms with van der Waals surface area (Å²) >= 11 is 5.73. The Balaban J connectivity index is 1.73. The Morgan fingerprint density at radius 1 is 1.00 bits per heavy atom. The van der Waals surface area contributed by atoms with Crippen LogP contribution in [0.25, 0.3) is 0 Å². The molecular weight excluding hydrogens is 344 g/mol. The first kappa shape index (κ1) is 19.7. The summed E-state index contributed by atoms with van der Waals surface area (Å²) in [4.78, 5) is 0.312. The van der Waals surface area contributed by atoms with E-state index in [-0.39, 0.29) is 0 Å². The molecule has 0 aromatic heterocycles. The lowest BCUT2D eigenvalue weighted by Gasteiger charge is -2.28. The topological polar surface area (TPSA) is 58.2 Å². The maximum Gasteiger partial charge on any atom is 0.240 e. The van der Waals surface area contributed by atoms with Crippen molar-refractivity contribution >= 4 is 21.6 Å². The zero-order valence-corrected chi connectivity index (χ0v) is 16.0. The number of hydrogen-bond acceptors (Lipinski definition) is 3. The van der Waals surface area contributed by atoms with Crippen LogP contribution in [0.4, 0.5) is 0 Å². The second-order valence-corrected chi connectivity index (χ2v) is 8.78. The smallest absolute Gasteiger partial charge is 0.240 e. The number of hydrogen-bond donors (Lipinski definition) is 2. The lowest BCUT2D eigenvalue weighted by molar-refractivity contribution is 0.253. The highest BCUT2D eigenvalue weighted by Gasteiger charge is 2.21. The highest BCUT2D eigenvalue weighted by atomic mass is 35.5. The molecule has 0 spiro atoms. The molecule has 0 heterocycles. The molecule has 0 amide bonds. The highest BCUT2D eigenvalue weighted by Crippen LogP contribution is 2.32. The van der Waals surface area contributed by atoms with Crippen LogP contribution in [0.3, 0.4) is 0 Å². The number of alkyl halides is 1.